The predicted molar refractivity (Wildman–Crippen MR) is 71.9 cm³/mol. The average Bonchev–Trinajstić information content (AvgIpc) is 2.73. The van der Waals surface area contributed by atoms with Crippen molar-refractivity contribution in [1.82, 2.24) is 9.88 Å². The molecule has 0 spiro atoms. The number of ether oxygens (including phenoxy) is 1. The number of aromatic carboxylic acids is 1. The number of likely N-dealkylation sites (N-methyl/N-ethyl adjacent to an activating group) is 1. The van der Waals surface area contributed by atoms with Crippen LogP contribution in [0.5, 0.6) is 5.88 Å². The molecule has 0 fully saturated rings. The van der Waals surface area contributed by atoms with Gasteiger partial charge in [0, 0.05) is 12.2 Å². The van der Waals surface area contributed by atoms with E-state index >= 15 is 0 Å². The lowest BCUT2D eigenvalue weighted by molar-refractivity contribution is 0.0686. The van der Waals surface area contributed by atoms with Gasteiger partial charge in [0.05, 0.1) is 0 Å². The third kappa shape index (κ3) is 3.23. The van der Waals surface area contributed by atoms with Crippen molar-refractivity contribution in [3.05, 3.63) is 22.9 Å². The molecule has 0 aromatic carbocycles. The van der Waals surface area contributed by atoms with Gasteiger partial charge in [-0.1, -0.05) is 0 Å². The first-order valence-electron chi connectivity index (χ1n) is 6.55. The van der Waals surface area contributed by atoms with Crippen molar-refractivity contribution in [2.45, 2.75) is 32.3 Å². The van der Waals surface area contributed by atoms with E-state index in [4.69, 9.17) is 4.74 Å². The maximum absolute atomic E-state index is 11.3. The van der Waals surface area contributed by atoms with Crippen LogP contribution in [0.1, 0.15) is 35.0 Å². The van der Waals surface area contributed by atoms with E-state index < -0.39 is 5.97 Å². The molecular formula is C14H20N2O3. The van der Waals surface area contributed by atoms with Crippen LogP contribution >= 0.6 is 0 Å². The molecule has 1 N–H and O–H groups in total. The van der Waals surface area contributed by atoms with E-state index in [1.165, 1.54) is 0 Å². The summed E-state index contributed by atoms with van der Waals surface area (Å²) in [7, 11) is 3.90. The van der Waals surface area contributed by atoms with E-state index in [-0.39, 0.29) is 17.5 Å². The summed E-state index contributed by atoms with van der Waals surface area (Å²) >= 11 is 0. The molecule has 1 atom stereocenters. The Morgan fingerprint density at radius 3 is 2.89 bits per heavy atom. The molecule has 5 heteroatoms. The van der Waals surface area contributed by atoms with Crippen LogP contribution in [0, 0.1) is 0 Å². The normalized spacial score (nSPS) is 15.4. The number of aromatic nitrogens is 1. The molecule has 0 aliphatic heterocycles. The summed E-state index contributed by atoms with van der Waals surface area (Å²) < 4.78 is 5.71. The van der Waals surface area contributed by atoms with Gasteiger partial charge in [-0.05, 0) is 51.9 Å². The lowest BCUT2D eigenvalue weighted by Crippen LogP contribution is -2.29. The van der Waals surface area contributed by atoms with Crippen molar-refractivity contribution < 1.29 is 14.6 Å². The van der Waals surface area contributed by atoms with Crippen molar-refractivity contribution >= 4 is 5.97 Å². The van der Waals surface area contributed by atoms with Crippen molar-refractivity contribution in [1.29, 1.82) is 0 Å². The maximum atomic E-state index is 11.3. The summed E-state index contributed by atoms with van der Waals surface area (Å²) in [5.41, 5.74) is 2.20. The van der Waals surface area contributed by atoms with Gasteiger partial charge in [-0.15, -0.1) is 0 Å². The number of nitrogens with zero attached hydrogens (tertiary/aromatic N) is 2. The number of hydrogen-bond acceptors (Lipinski definition) is 4. The molecule has 0 bridgehead atoms. The Morgan fingerprint density at radius 2 is 2.26 bits per heavy atom. The highest BCUT2D eigenvalue weighted by molar-refractivity contribution is 5.90. The Labute approximate surface area is 113 Å². The summed E-state index contributed by atoms with van der Waals surface area (Å²) in [6.07, 6.45) is 2.77. The molecule has 104 valence electrons. The van der Waals surface area contributed by atoms with Crippen LogP contribution in [0.2, 0.25) is 0 Å². The number of pyridine rings is 1. The second-order valence-electron chi connectivity index (χ2n) is 5.30. The van der Waals surface area contributed by atoms with Crippen LogP contribution < -0.4 is 4.74 Å². The molecule has 1 aromatic heterocycles. The molecule has 0 amide bonds. The molecule has 1 aromatic rings. The zero-order chi connectivity index (χ0) is 14.0. The Balaban J connectivity index is 2.25. The number of fused-ring (bicyclic) bond motifs is 1. The van der Waals surface area contributed by atoms with Crippen LogP contribution in [-0.2, 0) is 12.8 Å². The third-order valence-electron chi connectivity index (χ3n) is 3.18. The van der Waals surface area contributed by atoms with Crippen LogP contribution in [0.3, 0.4) is 0 Å². The lowest BCUT2D eigenvalue weighted by atomic mass is 10.1. The monoisotopic (exact) mass is 264 g/mol. The molecule has 1 aliphatic rings. The number of aryl methyl sites for hydroxylation is 2. The van der Waals surface area contributed by atoms with E-state index in [1.54, 1.807) is 6.07 Å². The van der Waals surface area contributed by atoms with Gasteiger partial charge in [0.1, 0.15) is 11.7 Å². The largest absolute Gasteiger partial charge is 0.477 e. The Morgan fingerprint density at radius 1 is 1.53 bits per heavy atom. The highest BCUT2D eigenvalue weighted by Gasteiger charge is 2.22. The van der Waals surface area contributed by atoms with Gasteiger partial charge in [0.2, 0.25) is 5.88 Å². The molecule has 0 saturated carbocycles. The summed E-state index contributed by atoms with van der Waals surface area (Å²) in [4.78, 5) is 17.7. The van der Waals surface area contributed by atoms with Gasteiger partial charge in [-0.3, -0.25) is 0 Å². The molecular weight excluding hydrogens is 244 g/mol. The first-order valence-corrected chi connectivity index (χ1v) is 6.55. The number of carboxylic acid groups (broad SMARTS) is 1. The molecule has 1 aliphatic carbocycles. The van der Waals surface area contributed by atoms with Gasteiger partial charge in [0.25, 0.3) is 0 Å². The number of carbonyl (C=O) groups is 1. The van der Waals surface area contributed by atoms with Gasteiger partial charge < -0.3 is 14.7 Å². The topological polar surface area (TPSA) is 62.7 Å². The fourth-order valence-corrected chi connectivity index (χ4v) is 2.44. The Kier molecular flexibility index (Phi) is 4.04. The van der Waals surface area contributed by atoms with Gasteiger partial charge in [-0.2, -0.15) is 0 Å². The summed E-state index contributed by atoms with van der Waals surface area (Å²) in [6, 6.07) is 1.72. The minimum Gasteiger partial charge on any atom is -0.477 e. The molecule has 19 heavy (non-hydrogen) atoms. The first kappa shape index (κ1) is 13.8. The molecule has 0 radical (unpaired) electrons. The SMILES string of the molecule is CC(CN(C)C)Oc1nc2c(cc1C(=O)O)CCC2. The summed E-state index contributed by atoms with van der Waals surface area (Å²) in [5.74, 6) is -0.725. The second-order valence-corrected chi connectivity index (χ2v) is 5.30. The highest BCUT2D eigenvalue weighted by Crippen LogP contribution is 2.27. The van der Waals surface area contributed by atoms with Crippen LogP contribution in [-0.4, -0.2) is 47.7 Å². The average molecular weight is 264 g/mol. The molecule has 1 heterocycles. The van der Waals surface area contributed by atoms with Crippen molar-refractivity contribution in [2.75, 3.05) is 20.6 Å². The van der Waals surface area contributed by atoms with Crippen molar-refractivity contribution in [3.8, 4) is 5.88 Å². The minimum atomic E-state index is -0.978. The minimum absolute atomic E-state index is 0.0972. The van der Waals surface area contributed by atoms with E-state index in [1.807, 2.05) is 25.9 Å². The maximum Gasteiger partial charge on any atom is 0.341 e. The standard InChI is InChI=1S/C14H20N2O3/c1-9(8-16(2)3)19-13-11(14(17)18)7-10-5-4-6-12(10)15-13/h7,9H,4-6,8H2,1-3H3,(H,17,18). The number of hydrogen-bond donors (Lipinski definition) is 1. The fourth-order valence-electron chi connectivity index (χ4n) is 2.44. The van der Waals surface area contributed by atoms with Crippen LogP contribution in [0.4, 0.5) is 0 Å². The first-order chi connectivity index (χ1) is 8.97. The Bertz CT molecular complexity index is 486. The molecule has 2 rings (SSSR count). The molecule has 1 unspecified atom stereocenters. The number of rotatable bonds is 5. The zero-order valence-electron chi connectivity index (χ0n) is 11.6. The summed E-state index contributed by atoms with van der Waals surface area (Å²) in [6.45, 7) is 2.64. The molecule has 5 nitrogen and oxygen atoms in total. The second kappa shape index (κ2) is 5.57. The van der Waals surface area contributed by atoms with Crippen LogP contribution in [0.25, 0.3) is 0 Å². The van der Waals surface area contributed by atoms with E-state index in [9.17, 15) is 9.90 Å². The quantitative estimate of drug-likeness (QED) is 0.875. The lowest BCUT2D eigenvalue weighted by Gasteiger charge is -2.19. The highest BCUT2D eigenvalue weighted by atomic mass is 16.5. The van der Waals surface area contributed by atoms with Crippen LogP contribution in [0.15, 0.2) is 6.07 Å². The van der Waals surface area contributed by atoms with Gasteiger partial charge in [0.15, 0.2) is 0 Å². The zero-order valence-corrected chi connectivity index (χ0v) is 11.6. The van der Waals surface area contributed by atoms with Crippen molar-refractivity contribution in [3.63, 3.8) is 0 Å². The fraction of sp³-hybridized carbons (Fsp3) is 0.571. The summed E-state index contributed by atoms with van der Waals surface area (Å²) in [5, 5.41) is 9.26. The van der Waals surface area contributed by atoms with E-state index in [2.05, 4.69) is 4.98 Å². The van der Waals surface area contributed by atoms with E-state index in [0.717, 1.165) is 37.1 Å². The predicted octanol–water partition coefficient (Wildman–Crippen LogP) is 1.60. The van der Waals surface area contributed by atoms with Gasteiger partial charge in [-0.25, -0.2) is 9.78 Å². The smallest absolute Gasteiger partial charge is 0.341 e. The third-order valence-corrected chi connectivity index (χ3v) is 3.18. The number of carboxylic acids is 1. The Hall–Kier alpha value is -1.62. The molecule has 0 saturated heterocycles. The van der Waals surface area contributed by atoms with Crippen molar-refractivity contribution in [2.24, 2.45) is 0 Å². The van der Waals surface area contributed by atoms with Gasteiger partial charge >= 0.3 is 5.97 Å². The van der Waals surface area contributed by atoms with E-state index in [0.29, 0.717) is 0 Å².